The molecule has 3 aliphatic carbocycles. The number of rotatable bonds is 2. The summed E-state index contributed by atoms with van der Waals surface area (Å²) in [5, 5.41) is 7.37. The molecule has 4 aliphatic rings. The normalized spacial score (nSPS) is 48.4. The summed E-state index contributed by atoms with van der Waals surface area (Å²) in [4.78, 5) is 12.6. The number of hydrogen-bond donors (Lipinski definition) is 3. The van der Waals surface area contributed by atoms with Crippen LogP contribution in [0.4, 0.5) is 4.39 Å². The number of fused-ring (bicyclic) bond motifs is 3. The number of halogens is 1. The molecule has 0 bridgehead atoms. The summed E-state index contributed by atoms with van der Waals surface area (Å²) in [6.45, 7) is 0. The van der Waals surface area contributed by atoms with Gasteiger partial charge in [-0.15, -0.1) is 11.8 Å². The molecule has 1 saturated heterocycles. The van der Waals surface area contributed by atoms with Gasteiger partial charge in [-0.1, -0.05) is 6.42 Å². The molecule has 4 nitrogen and oxygen atoms in total. The molecule has 4 rings (SSSR count). The third-order valence-electron chi connectivity index (χ3n) is 6.66. The van der Waals surface area contributed by atoms with Crippen LogP contribution in [0.5, 0.6) is 0 Å². The molecule has 4 N–H and O–H groups in total. The Morgan fingerprint density at radius 1 is 1.12 bits per heavy atom. The van der Waals surface area contributed by atoms with E-state index < -0.39 is 6.17 Å². The third-order valence-corrected chi connectivity index (χ3v) is 8.18. The van der Waals surface area contributed by atoms with Crippen molar-refractivity contribution in [3.05, 3.63) is 0 Å². The standard InChI is InChI=1S/C18H30FN3OS/c19-12-5-6-14-10(8-12)4-7-15-16(14)24-18(21-15)22-17(23)11-2-1-3-13(20)9-11/h10-16,18,21H,1-9,20H2,(H,22,23)/t10?,11-,12?,13+,14?,15?,16?,18?/m1/s1. The van der Waals surface area contributed by atoms with Crippen LogP contribution in [0.15, 0.2) is 0 Å². The molecule has 1 heterocycles. The number of hydrogen-bond acceptors (Lipinski definition) is 4. The minimum Gasteiger partial charge on any atom is -0.332 e. The summed E-state index contributed by atoms with van der Waals surface area (Å²) in [6.07, 6.45) is 8.04. The summed E-state index contributed by atoms with van der Waals surface area (Å²) in [5.41, 5.74) is 6.04. The van der Waals surface area contributed by atoms with Crippen molar-refractivity contribution in [3.8, 4) is 0 Å². The lowest BCUT2D eigenvalue weighted by atomic mass is 9.68. The molecule has 1 amide bonds. The maximum absolute atomic E-state index is 13.7. The van der Waals surface area contributed by atoms with Gasteiger partial charge in [0, 0.05) is 23.3 Å². The zero-order valence-corrected chi connectivity index (χ0v) is 15.1. The van der Waals surface area contributed by atoms with Gasteiger partial charge in [-0.05, 0) is 63.2 Å². The van der Waals surface area contributed by atoms with E-state index in [2.05, 4.69) is 10.6 Å². The summed E-state index contributed by atoms with van der Waals surface area (Å²) in [5.74, 6) is 1.42. The van der Waals surface area contributed by atoms with Crippen LogP contribution in [0.1, 0.15) is 57.8 Å². The first-order valence-corrected chi connectivity index (χ1v) is 10.7. The van der Waals surface area contributed by atoms with Gasteiger partial charge in [0.2, 0.25) is 5.91 Å². The lowest BCUT2D eigenvalue weighted by Gasteiger charge is -2.42. The third kappa shape index (κ3) is 3.47. The molecule has 0 aromatic rings. The van der Waals surface area contributed by atoms with Crippen molar-refractivity contribution in [3.63, 3.8) is 0 Å². The van der Waals surface area contributed by atoms with E-state index in [1.807, 2.05) is 11.8 Å². The van der Waals surface area contributed by atoms with Gasteiger partial charge in [0.1, 0.15) is 11.7 Å². The van der Waals surface area contributed by atoms with E-state index >= 15 is 0 Å². The predicted molar refractivity (Wildman–Crippen MR) is 95.1 cm³/mol. The quantitative estimate of drug-likeness (QED) is 0.712. The van der Waals surface area contributed by atoms with Crippen LogP contribution in [0.3, 0.4) is 0 Å². The minimum absolute atomic E-state index is 0.0208. The van der Waals surface area contributed by atoms with Crippen LogP contribution in [-0.4, -0.2) is 34.9 Å². The van der Waals surface area contributed by atoms with Crippen LogP contribution in [0.2, 0.25) is 0 Å². The Morgan fingerprint density at radius 3 is 2.83 bits per heavy atom. The van der Waals surface area contributed by atoms with E-state index in [4.69, 9.17) is 5.73 Å². The van der Waals surface area contributed by atoms with Crippen LogP contribution in [0, 0.1) is 17.8 Å². The number of nitrogens with one attached hydrogen (secondary N) is 2. The summed E-state index contributed by atoms with van der Waals surface area (Å²) >= 11 is 1.88. The number of alkyl halides is 1. The first-order valence-electron chi connectivity index (χ1n) is 9.71. The predicted octanol–water partition coefficient (Wildman–Crippen LogP) is 2.53. The highest BCUT2D eigenvalue weighted by atomic mass is 32.2. The highest BCUT2D eigenvalue weighted by Gasteiger charge is 2.47. The molecular formula is C18H30FN3OS. The number of nitrogens with two attached hydrogens (primary N) is 1. The fourth-order valence-corrected chi connectivity index (χ4v) is 7.12. The second-order valence-corrected chi connectivity index (χ2v) is 9.59. The molecule has 6 heteroatoms. The highest BCUT2D eigenvalue weighted by Crippen LogP contribution is 2.48. The Kier molecular flexibility index (Phi) is 5.07. The first kappa shape index (κ1) is 17.1. The average molecular weight is 356 g/mol. The molecule has 6 unspecified atom stereocenters. The topological polar surface area (TPSA) is 67.2 Å². The van der Waals surface area contributed by atoms with Crippen molar-refractivity contribution in [1.82, 2.24) is 10.6 Å². The number of carbonyl (C=O) groups excluding carboxylic acids is 1. The van der Waals surface area contributed by atoms with Gasteiger partial charge in [0.25, 0.3) is 0 Å². The van der Waals surface area contributed by atoms with Crippen LogP contribution in [-0.2, 0) is 4.79 Å². The Hall–Kier alpha value is -0.330. The van der Waals surface area contributed by atoms with Gasteiger partial charge in [-0.25, -0.2) is 4.39 Å². The smallest absolute Gasteiger partial charge is 0.225 e. The van der Waals surface area contributed by atoms with Crippen molar-refractivity contribution in [2.75, 3.05) is 0 Å². The first-order chi connectivity index (χ1) is 11.6. The van der Waals surface area contributed by atoms with Crippen LogP contribution in [0.25, 0.3) is 0 Å². The zero-order valence-electron chi connectivity index (χ0n) is 14.3. The van der Waals surface area contributed by atoms with Gasteiger partial charge in [0.05, 0.1) is 0 Å². The number of thioether (sulfide) groups is 1. The van der Waals surface area contributed by atoms with E-state index in [0.717, 1.165) is 57.8 Å². The van der Waals surface area contributed by atoms with Crippen molar-refractivity contribution in [2.45, 2.75) is 86.8 Å². The lowest BCUT2D eigenvalue weighted by molar-refractivity contribution is -0.126. The second-order valence-electron chi connectivity index (χ2n) is 8.30. The molecule has 0 spiro atoms. The molecule has 8 atom stereocenters. The van der Waals surface area contributed by atoms with E-state index in [9.17, 15) is 9.18 Å². The molecule has 24 heavy (non-hydrogen) atoms. The maximum atomic E-state index is 13.7. The molecular weight excluding hydrogens is 325 g/mol. The second kappa shape index (κ2) is 7.12. The summed E-state index contributed by atoms with van der Waals surface area (Å²) in [7, 11) is 0. The lowest BCUT2D eigenvalue weighted by Crippen LogP contribution is -2.49. The van der Waals surface area contributed by atoms with Crippen molar-refractivity contribution >= 4 is 17.7 Å². The average Bonchev–Trinajstić information content (AvgIpc) is 2.97. The number of amides is 1. The van der Waals surface area contributed by atoms with Crippen molar-refractivity contribution in [2.24, 2.45) is 23.5 Å². The van der Waals surface area contributed by atoms with Crippen molar-refractivity contribution in [1.29, 1.82) is 0 Å². The Balaban J connectivity index is 1.33. The Bertz CT molecular complexity index is 479. The molecule has 1 aliphatic heterocycles. The van der Waals surface area contributed by atoms with E-state index in [-0.39, 0.29) is 23.4 Å². The molecule has 0 aromatic carbocycles. The fourth-order valence-electron chi connectivity index (χ4n) is 5.40. The van der Waals surface area contributed by atoms with Gasteiger partial charge in [-0.2, -0.15) is 0 Å². The van der Waals surface area contributed by atoms with Gasteiger partial charge < -0.3 is 11.1 Å². The molecule has 0 radical (unpaired) electrons. The number of carbonyl (C=O) groups is 1. The molecule has 0 aromatic heterocycles. The van der Waals surface area contributed by atoms with Crippen molar-refractivity contribution < 1.29 is 9.18 Å². The largest absolute Gasteiger partial charge is 0.332 e. The Morgan fingerprint density at radius 2 is 2.00 bits per heavy atom. The fraction of sp³-hybridized carbons (Fsp3) is 0.944. The Labute approximate surface area is 148 Å². The van der Waals surface area contributed by atoms with Crippen LogP contribution < -0.4 is 16.4 Å². The highest BCUT2D eigenvalue weighted by molar-refractivity contribution is 8.00. The summed E-state index contributed by atoms with van der Waals surface area (Å²) < 4.78 is 13.7. The van der Waals surface area contributed by atoms with E-state index in [1.54, 1.807) is 0 Å². The zero-order chi connectivity index (χ0) is 16.7. The van der Waals surface area contributed by atoms with Gasteiger partial charge in [-0.3, -0.25) is 10.1 Å². The van der Waals surface area contributed by atoms with E-state index in [0.29, 0.717) is 23.1 Å². The molecule has 136 valence electrons. The van der Waals surface area contributed by atoms with E-state index in [1.165, 1.54) is 0 Å². The van der Waals surface area contributed by atoms with Gasteiger partial charge >= 0.3 is 0 Å². The molecule has 4 fully saturated rings. The monoisotopic (exact) mass is 355 g/mol. The SMILES string of the molecule is N[C@H]1CCC[C@@H](C(=O)NC2NC3CCC4CC(F)CCC4C3S2)C1. The van der Waals surface area contributed by atoms with Crippen LogP contribution >= 0.6 is 11.8 Å². The molecule has 3 saturated carbocycles. The maximum Gasteiger partial charge on any atom is 0.225 e. The minimum atomic E-state index is -0.590. The van der Waals surface area contributed by atoms with Gasteiger partial charge in [0.15, 0.2) is 0 Å². The summed E-state index contributed by atoms with van der Waals surface area (Å²) in [6, 6.07) is 0.657.